The molecule has 1 aromatic rings. The van der Waals surface area contributed by atoms with Crippen LogP contribution >= 0.6 is 0 Å². The van der Waals surface area contributed by atoms with E-state index in [1.165, 1.54) is 0 Å². The topological polar surface area (TPSA) is 45.6 Å². The van der Waals surface area contributed by atoms with Crippen LogP contribution in [-0.4, -0.2) is 36.9 Å². The Hall–Kier alpha value is -1.29. The summed E-state index contributed by atoms with van der Waals surface area (Å²) in [5.41, 5.74) is 1.05. The lowest BCUT2D eigenvalue weighted by Gasteiger charge is -2.23. The third-order valence-corrected chi connectivity index (χ3v) is 2.44. The number of unbranched alkanes of at least 4 members (excludes halogenated alkanes) is 1. The first kappa shape index (κ1) is 12.8. The van der Waals surface area contributed by atoms with Crippen LogP contribution in [0.25, 0.3) is 0 Å². The van der Waals surface area contributed by atoms with E-state index in [1.54, 1.807) is 13.3 Å². The van der Waals surface area contributed by atoms with E-state index in [9.17, 15) is 0 Å². The summed E-state index contributed by atoms with van der Waals surface area (Å²) in [6.07, 6.45) is 3.99. The second-order valence-corrected chi connectivity index (χ2v) is 3.62. The van der Waals surface area contributed by atoms with Gasteiger partial charge >= 0.3 is 0 Å². The molecule has 1 N–H and O–H groups in total. The highest BCUT2D eigenvalue weighted by Gasteiger charge is 2.06. The van der Waals surface area contributed by atoms with E-state index in [2.05, 4.69) is 16.8 Å². The zero-order valence-electron chi connectivity index (χ0n) is 10.0. The molecular formula is C12H20N2O2. The molecule has 0 atom stereocenters. The van der Waals surface area contributed by atoms with Gasteiger partial charge in [-0.3, -0.25) is 0 Å². The predicted molar refractivity (Wildman–Crippen MR) is 65.0 cm³/mol. The molecule has 90 valence electrons. The monoisotopic (exact) mass is 224 g/mol. The van der Waals surface area contributed by atoms with Gasteiger partial charge in [-0.05, 0) is 12.5 Å². The number of pyridine rings is 1. The Labute approximate surface area is 96.9 Å². The summed E-state index contributed by atoms with van der Waals surface area (Å²) in [7, 11) is 1.61. The van der Waals surface area contributed by atoms with Crippen molar-refractivity contribution in [2.24, 2.45) is 0 Å². The van der Waals surface area contributed by atoms with Crippen molar-refractivity contribution in [3.05, 3.63) is 18.3 Å². The third-order valence-electron chi connectivity index (χ3n) is 2.44. The summed E-state index contributed by atoms with van der Waals surface area (Å²) >= 11 is 0. The summed E-state index contributed by atoms with van der Waals surface area (Å²) in [5.74, 6) is 0.608. The van der Waals surface area contributed by atoms with Gasteiger partial charge in [0.05, 0.1) is 13.7 Å². The summed E-state index contributed by atoms with van der Waals surface area (Å²) in [5, 5.41) is 9.04. The lowest BCUT2D eigenvalue weighted by molar-refractivity contribution is 0.301. The predicted octanol–water partition coefficient (Wildman–Crippen LogP) is 1.69. The smallest absolute Gasteiger partial charge is 0.214 e. The molecule has 0 fully saturated rings. The first-order valence-electron chi connectivity index (χ1n) is 5.67. The number of hydrogen-bond donors (Lipinski definition) is 1. The van der Waals surface area contributed by atoms with Crippen molar-refractivity contribution < 1.29 is 9.84 Å². The normalized spacial score (nSPS) is 10.2. The molecule has 16 heavy (non-hydrogen) atoms. The van der Waals surface area contributed by atoms with Gasteiger partial charge in [-0.25, -0.2) is 4.98 Å². The van der Waals surface area contributed by atoms with Crippen molar-refractivity contribution >= 4 is 5.69 Å². The maximum atomic E-state index is 9.04. The van der Waals surface area contributed by atoms with Crippen molar-refractivity contribution in [2.45, 2.75) is 19.8 Å². The van der Waals surface area contributed by atoms with Gasteiger partial charge in [-0.1, -0.05) is 13.3 Å². The van der Waals surface area contributed by atoms with Crippen LogP contribution in [0.5, 0.6) is 5.88 Å². The Balaban J connectivity index is 2.73. The molecule has 0 saturated heterocycles. The molecule has 0 unspecified atom stereocenters. The summed E-state index contributed by atoms with van der Waals surface area (Å²) < 4.78 is 5.09. The van der Waals surface area contributed by atoms with E-state index < -0.39 is 0 Å². The Morgan fingerprint density at radius 3 is 2.88 bits per heavy atom. The number of hydrogen-bond acceptors (Lipinski definition) is 4. The molecule has 0 saturated carbocycles. The second kappa shape index (κ2) is 7.06. The van der Waals surface area contributed by atoms with E-state index in [4.69, 9.17) is 9.84 Å². The molecular weight excluding hydrogens is 204 g/mol. The number of aromatic nitrogens is 1. The Morgan fingerprint density at radius 1 is 1.44 bits per heavy atom. The van der Waals surface area contributed by atoms with Crippen molar-refractivity contribution in [3.63, 3.8) is 0 Å². The average Bonchev–Trinajstić information content (AvgIpc) is 2.34. The van der Waals surface area contributed by atoms with E-state index in [0.29, 0.717) is 12.4 Å². The van der Waals surface area contributed by atoms with Crippen molar-refractivity contribution in [1.29, 1.82) is 0 Å². The highest BCUT2D eigenvalue weighted by molar-refractivity contribution is 5.48. The molecule has 0 aliphatic heterocycles. The molecule has 0 aromatic carbocycles. The molecule has 4 heteroatoms. The van der Waals surface area contributed by atoms with Gasteiger partial charge in [0, 0.05) is 31.0 Å². The van der Waals surface area contributed by atoms with Crippen LogP contribution in [0.2, 0.25) is 0 Å². The highest BCUT2D eigenvalue weighted by atomic mass is 16.5. The second-order valence-electron chi connectivity index (χ2n) is 3.62. The molecule has 1 heterocycles. The minimum Gasteiger partial charge on any atom is -0.481 e. The fraction of sp³-hybridized carbons (Fsp3) is 0.583. The van der Waals surface area contributed by atoms with E-state index >= 15 is 0 Å². The van der Waals surface area contributed by atoms with Crippen LogP contribution in [0.3, 0.4) is 0 Å². The fourth-order valence-corrected chi connectivity index (χ4v) is 1.55. The number of anilines is 1. The Bertz CT molecular complexity index is 305. The molecule has 0 radical (unpaired) electrons. The number of ether oxygens (including phenoxy) is 1. The number of aliphatic hydroxyl groups excluding tert-OH is 1. The highest BCUT2D eigenvalue weighted by Crippen LogP contribution is 2.18. The van der Waals surface area contributed by atoms with Gasteiger partial charge in [0.25, 0.3) is 0 Å². The summed E-state index contributed by atoms with van der Waals surface area (Å²) in [4.78, 5) is 6.22. The van der Waals surface area contributed by atoms with Gasteiger partial charge in [0.2, 0.25) is 5.88 Å². The van der Waals surface area contributed by atoms with Gasteiger partial charge in [-0.15, -0.1) is 0 Å². The minimum atomic E-state index is 0.161. The molecule has 0 bridgehead atoms. The molecule has 0 amide bonds. The zero-order valence-corrected chi connectivity index (χ0v) is 10.0. The van der Waals surface area contributed by atoms with E-state index in [-0.39, 0.29) is 6.61 Å². The third kappa shape index (κ3) is 3.70. The van der Waals surface area contributed by atoms with E-state index in [1.807, 2.05) is 12.1 Å². The van der Waals surface area contributed by atoms with Gasteiger partial charge < -0.3 is 14.7 Å². The van der Waals surface area contributed by atoms with Crippen LogP contribution in [-0.2, 0) is 0 Å². The first-order chi connectivity index (χ1) is 7.81. The van der Waals surface area contributed by atoms with Crippen molar-refractivity contribution in [3.8, 4) is 5.88 Å². The molecule has 1 aromatic heterocycles. The quantitative estimate of drug-likeness (QED) is 0.765. The van der Waals surface area contributed by atoms with Crippen LogP contribution < -0.4 is 9.64 Å². The maximum Gasteiger partial charge on any atom is 0.214 e. The van der Waals surface area contributed by atoms with Crippen LogP contribution in [0, 0.1) is 0 Å². The maximum absolute atomic E-state index is 9.04. The molecule has 4 nitrogen and oxygen atoms in total. The van der Waals surface area contributed by atoms with Gasteiger partial charge in [-0.2, -0.15) is 0 Å². The Kier molecular flexibility index (Phi) is 5.64. The number of methoxy groups -OCH3 is 1. The van der Waals surface area contributed by atoms with Crippen LogP contribution in [0.15, 0.2) is 18.3 Å². The number of rotatable bonds is 7. The lowest BCUT2D eigenvalue weighted by atomic mass is 10.2. The SMILES string of the molecule is CCCCN(CCO)c1ccnc(OC)c1. The molecule has 0 aliphatic carbocycles. The van der Waals surface area contributed by atoms with Crippen molar-refractivity contribution in [1.82, 2.24) is 4.98 Å². The standard InChI is InChI=1S/C12H20N2O2/c1-3-4-7-14(8-9-15)11-5-6-13-12(10-11)16-2/h5-6,10,15H,3-4,7-9H2,1-2H3. The summed E-state index contributed by atoms with van der Waals surface area (Å²) in [6, 6.07) is 3.83. The van der Waals surface area contributed by atoms with Gasteiger partial charge in [0.1, 0.15) is 0 Å². The first-order valence-corrected chi connectivity index (χ1v) is 5.67. The molecule has 1 rings (SSSR count). The minimum absolute atomic E-state index is 0.161. The molecule has 0 spiro atoms. The average molecular weight is 224 g/mol. The van der Waals surface area contributed by atoms with Crippen molar-refractivity contribution in [2.75, 3.05) is 31.7 Å². The number of nitrogens with zero attached hydrogens (tertiary/aromatic N) is 2. The summed E-state index contributed by atoms with van der Waals surface area (Å²) in [6.45, 7) is 3.91. The fourth-order valence-electron chi connectivity index (χ4n) is 1.55. The van der Waals surface area contributed by atoms with E-state index in [0.717, 1.165) is 25.1 Å². The van der Waals surface area contributed by atoms with Gasteiger partial charge in [0.15, 0.2) is 0 Å². The number of aliphatic hydroxyl groups is 1. The molecule has 0 aliphatic rings. The van der Waals surface area contributed by atoms with Crippen LogP contribution in [0.1, 0.15) is 19.8 Å². The largest absolute Gasteiger partial charge is 0.481 e. The van der Waals surface area contributed by atoms with Crippen LogP contribution in [0.4, 0.5) is 5.69 Å². The zero-order chi connectivity index (χ0) is 11.8. The lowest BCUT2D eigenvalue weighted by Crippen LogP contribution is -2.27. The Morgan fingerprint density at radius 2 is 2.25 bits per heavy atom.